The summed E-state index contributed by atoms with van der Waals surface area (Å²) in [6.07, 6.45) is 0.552. The van der Waals surface area contributed by atoms with E-state index in [0.29, 0.717) is 17.5 Å². The number of carbonyl (C=O) groups is 2. The second-order valence-corrected chi connectivity index (χ2v) is 9.22. The molecule has 180 valence electrons. The molecule has 1 aliphatic rings. The lowest BCUT2D eigenvalue weighted by molar-refractivity contribution is 0.0965. The van der Waals surface area contributed by atoms with Crippen LogP contribution in [0.25, 0.3) is 0 Å². The highest BCUT2D eigenvalue weighted by atomic mass is 19.1. The van der Waals surface area contributed by atoms with Gasteiger partial charge in [0.15, 0.2) is 0 Å². The number of benzene rings is 4. The second kappa shape index (κ2) is 9.78. The van der Waals surface area contributed by atoms with Crippen molar-refractivity contribution in [3.63, 3.8) is 0 Å². The molecular weight excluding hydrogens is 451 g/mol. The van der Waals surface area contributed by atoms with Gasteiger partial charge >= 0.3 is 0 Å². The van der Waals surface area contributed by atoms with Crippen LogP contribution in [0.15, 0.2) is 103 Å². The smallest absolute Gasteiger partial charge is 0.258 e. The lowest BCUT2D eigenvalue weighted by Gasteiger charge is -2.43. The number of fused-ring (bicyclic) bond motifs is 1. The number of rotatable bonds is 4. The number of aryl methyl sites for hydroxylation is 1. The van der Waals surface area contributed by atoms with E-state index < -0.39 is 0 Å². The van der Waals surface area contributed by atoms with Crippen LogP contribution in [0.2, 0.25) is 0 Å². The Morgan fingerprint density at radius 1 is 0.806 bits per heavy atom. The van der Waals surface area contributed by atoms with Crippen LogP contribution >= 0.6 is 0 Å². The minimum atomic E-state index is -0.389. The Morgan fingerprint density at radius 2 is 1.42 bits per heavy atom. The van der Waals surface area contributed by atoms with Crippen LogP contribution in [0.4, 0.5) is 15.8 Å². The molecule has 0 radical (unpaired) electrons. The third kappa shape index (κ3) is 4.40. The molecule has 0 unspecified atom stereocenters. The van der Waals surface area contributed by atoms with E-state index in [9.17, 15) is 14.0 Å². The Bertz CT molecular complexity index is 1380. The molecule has 0 bridgehead atoms. The van der Waals surface area contributed by atoms with Crippen molar-refractivity contribution in [2.45, 2.75) is 32.4 Å². The van der Waals surface area contributed by atoms with Crippen LogP contribution in [0.3, 0.4) is 0 Å². The van der Waals surface area contributed by atoms with Gasteiger partial charge in [-0.15, -0.1) is 0 Å². The molecule has 0 spiro atoms. The molecule has 1 aliphatic heterocycles. The third-order valence-electron chi connectivity index (χ3n) is 6.73. The van der Waals surface area contributed by atoms with Crippen LogP contribution in [0, 0.1) is 12.7 Å². The summed E-state index contributed by atoms with van der Waals surface area (Å²) >= 11 is 0. The number of anilines is 2. The summed E-state index contributed by atoms with van der Waals surface area (Å²) in [5.41, 5.74) is 4.57. The van der Waals surface area contributed by atoms with Crippen molar-refractivity contribution >= 4 is 23.2 Å². The number of amides is 2. The van der Waals surface area contributed by atoms with Crippen molar-refractivity contribution in [2.75, 3.05) is 9.80 Å². The Balaban J connectivity index is 1.60. The van der Waals surface area contributed by atoms with Gasteiger partial charge in [0.05, 0.1) is 6.04 Å². The van der Waals surface area contributed by atoms with Crippen LogP contribution in [0.5, 0.6) is 0 Å². The maximum Gasteiger partial charge on any atom is 0.258 e. The molecule has 5 heteroatoms. The Hall–Kier alpha value is -4.25. The highest BCUT2D eigenvalue weighted by molar-refractivity contribution is 6.09. The summed E-state index contributed by atoms with van der Waals surface area (Å²) in [6, 6.07) is 30.0. The number of para-hydroxylation sites is 2. The van der Waals surface area contributed by atoms with Crippen molar-refractivity contribution in [1.29, 1.82) is 0 Å². The maximum atomic E-state index is 13.9. The highest BCUT2D eigenvalue weighted by Gasteiger charge is 2.39. The van der Waals surface area contributed by atoms with Crippen LogP contribution in [-0.2, 0) is 0 Å². The molecule has 4 aromatic carbocycles. The zero-order chi connectivity index (χ0) is 25.2. The summed E-state index contributed by atoms with van der Waals surface area (Å²) < 4.78 is 13.6. The predicted molar refractivity (Wildman–Crippen MR) is 141 cm³/mol. The average Bonchev–Trinajstić information content (AvgIpc) is 2.90. The fraction of sp³-hybridized carbons (Fsp3) is 0.161. The lowest BCUT2D eigenvalue weighted by Crippen LogP contribution is -2.47. The van der Waals surface area contributed by atoms with Gasteiger partial charge in [0.2, 0.25) is 0 Å². The SMILES string of the molecule is Cc1ccc(C(=O)N2c3ccccc3[C@@H](N(C(=O)c3ccc(F)cc3)c3ccccc3)C[C@H]2C)cc1. The monoisotopic (exact) mass is 478 g/mol. The van der Waals surface area contributed by atoms with Gasteiger partial charge in [-0.2, -0.15) is 0 Å². The quantitative estimate of drug-likeness (QED) is 0.318. The highest BCUT2D eigenvalue weighted by Crippen LogP contribution is 2.43. The van der Waals surface area contributed by atoms with Gasteiger partial charge < -0.3 is 9.80 Å². The van der Waals surface area contributed by atoms with E-state index >= 15 is 0 Å². The molecule has 0 fully saturated rings. The molecule has 5 rings (SSSR count). The largest absolute Gasteiger partial charge is 0.305 e. The van der Waals surface area contributed by atoms with Gasteiger partial charge in [0.1, 0.15) is 5.82 Å². The van der Waals surface area contributed by atoms with Crippen molar-refractivity contribution in [1.82, 2.24) is 0 Å². The fourth-order valence-electron chi connectivity index (χ4n) is 4.93. The van der Waals surface area contributed by atoms with Crippen molar-refractivity contribution in [3.05, 3.63) is 131 Å². The summed E-state index contributed by atoms with van der Waals surface area (Å²) in [5.74, 6) is -0.671. The van der Waals surface area contributed by atoms with Crippen LogP contribution < -0.4 is 9.80 Å². The Labute approximate surface area is 210 Å². The molecule has 0 saturated carbocycles. The number of nitrogens with zero attached hydrogens (tertiary/aromatic N) is 2. The number of hydrogen-bond acceptors (Lipinski definition) is 2. The zero-order valence-corrected chi connectivity index (χ0v) is 20.3. The first kappa shape index (κ1) is 23.5. The third-order valence-corrected chi connectivity index (χ3v) is 6.73. The van der Waals surface area contributed by atoms with E-state index in [-0.39, 0.29) is 29.7 Å². The van der Waals surface area contributed by atoms with E-state index in [1.807, 2.05) is 97.6 Å². The molecule has 36 heavy (non-hydrogen) atoms. The van der Waals surface area contributed by atoms with E-state index in [4.69, 9.17) is 0 Å². The van der Waals surface area contributed by atoms with E-state index in [2.05, 4.69) is 0 Å². The van der Waals surface area contributed by atoms with Crippen LogP contribution in [0.1, 0.15) is 51.2 Å². The molecule has 0 N–H and O–H groups in total. The number of carbonyl (C=O) groups excluding carboxylic acids is 2. The molecule has 1 heterocycles. The first-order valence-electron chi connectivity index (χ1n) is 12.1. The molecular formula is C31H27FN2O2. The van der Waals surface area contributed by atoms with Crippen molar-refractivity contribution in [2.24, 2.45) is 0 Å². The van der Waals surface area contributed by atoms with E-state index in [1.54, 1.807) is 4.90 Å². The summed E-state index contributed by atoms with van der Waals surface area (Å²) in [5, 5.41) is 0. The average molecular weight is 479 g/mol. The second-order valence-electron chi connectivity index (χ2n) is 9.22. The van der Waals surface area contributed by atoms with Gasteiger partial charge in [-0.3, -0.25) is 9.59 Å². The predicted octanol–water partition coefficient (Wildman–Crippen LogP) is 6.96. The topological polar surface area (TPSA) is 40.6 Å². The van der Waals surface area contributed by atoms with Gasteiger partial charge in [-0.25, -0.2) is 4.39 Å². The molecule has 2 amide bonds. The normalized spacial score (nSPS) is 16.8. The van der Waals surface area contributed by atoms with Gasteiger partial charge in [0, 0.05) is 28.5 Å². The van der Waals surface area contributed by atoms with Crippen LogP contribution in [-0.4, -0.2) is 17.9 Å². The number of halogens is 1. The summed E-state index contributed by atoms with van der Waals surface area (Å²) in [4.78, 5) is 31.1. The molecule has 0 aliphatic carbocycles. The van der Waals surface area contributed by atoms with Crippen molar-refractivity contribution < 1.29 is 14.0 Å². The first-order valence-corrected chi connectivity index (χ1v) is 12.1. The van der Waals surface area contributed by atoms with E-state index in [0.717, 1.165) is 22.5 Å². The van der Waals surface area contributed by atoms with E-state index in [1.165, 1.54) is 24.3 Å². The summed E-state index contributed by atoms with van der Waals surface area (Å²) in [7, 11) is 0. The maximum absolute atomic E-state index is 13.9. The molecule has 4 nitrogen and oxygen atoms in total. The molecule has 0 saturated heterocycles. The van der Waals surface area contributed by atoms with Crippen molar-refractivity contribution in [3.8, 4) is 0 Å². The minimum absolute atomic E-state index is 0.0653. The molecule has 2 atom stereocenters. The molecule has 4 aromatic rings. The van der Waals surface area contributed by atoms with Gasteiger partial charge in [0.25, 0.3) is 11.8 Å². The Kier molecular flexibility index (Phi) is 6.38. The van der Waals surface area contributed by atoms with Gasteiger partial charge in [-0.1, -0.05) is 54.1 Å². The Morgan fingerprint density at radius 3 is 2.11 bits per heavy atom. The lowest BCUT2D eigenvalue weighted by atomic mass is 9.89. The zero-order valence-electron chi connectivity index (χ0n) is 20.3. The standard InChI is InChI=1S/C31H27FN2O2/c1-21-12-14-23(15-13-21)30(35)33-22(2)20-29(27-10-6-7-11-28(27)33)34(26-8-4-3-5-9-26)31(36)24-16-18-25(32)19-17-24/h3-19,22,29H,20H2,1-2H3/t22-,29+/m1/s1. The first-order chi connectivity index (χ1) is 17.4. The van der Waals surface area contributed by atoms with Gasteiger partial charge in [-0.05, 0) is 80.4 Å². The number of hydrogen-bond donors (Lipinski definition) is 0. The minimum Gasteiger partial charge on any atom is -0.305 e. The molecule has 0 aromatic heterocycles. The fourth-order valence-corrected chi connectivity index (χ4v) is 4.93. The summed E-state index contributed by atoms with van der Waals surface area (Å²) in [6.45, 7) is 4.01.